The van der Waals surface area contributed by atoms with Crippen molar-refractivity contribution in [3.05, 3.63) is 101 Å². The molecule has 1 aromatic heterocycles. The molecule has 0 N–H and O–H groups in total. The van der Waals surface area contributed by atoms with Crippen LogP contribution in [-0.2, 0) is 0 Å². The molecule has 0 saturated heterocycles. The number of allylic oxidation sites excluding steroid dienone is 1. The number of furan rings is 1. The Kier molecular flexibility index (Phi) is 4.42. The van der Waals surface area contributed by atoms with E-state index in [1.807, 2.05) is 48.5 Å². The summed E-state index contributed by atoms with van der Waals surface area (Å²) in [5.74, 6) is 0.187. The smallest absolute Gasteiger partial charge is 0.221 e. The molecule has 0 radical (unpaired) electrons. The minimum atomic E-state index is -0.164. The highest BCUT2D eigenvalue weighted by Crippen LogP contribution is 2.28. The summed E-state index contributed by atoms with van der Waals surface area (Å²) in [5, 5.41) is 2.39. The SMILES string of the molecule is O=C(C=Cc1ccc(Cl)cc1)c1occ2cc(-c3ccccc3)ccc12. The van der Waals surface area contributed by atoms with Crippen LogP contribution < -0.4 is 0 Å². The van der Waals surface area contributed by atoms with Crippen molar-refractivity contribution < 1.29 is 9.21 Å². The third-order valence-electron chi connectivity index (χ3n) is 4.23. The van der Waals surface area contributed by atoms with Gasteiger partial charge in [-0.2, -0.15) is 0 Å². The van der Waals surface area contributed by atoms with Crippen molar-refractivity contribution in [1.82, 2.24) is 0 Å². The summed E-state index contributed by atoms with van der Waals surface area (Å²) < 4.78 is 5.55. The van der Waals surface area contributed by atoms with Gasteiger partial charge in [-0.25, -0.2) is 0 Å². The van der Waals surface area contributed by atoms with Crippen LogP contribution in [0.25, 0.3) is 28.0 Å². The molecule has 2 nitrogen and oxygen atoms in total. The zero-order chi connectivity index (χ0) is 17.9. The number of rotatable bonds is 4. The molecule has 1 heterocycles. The largest absolute Gasteiger partial charge is 0.460 e. The van der Waals surface area contributed by atoms with Gasteiger partial charge in [0.15, 0.2) is 5.76 Å². The fourth-order valence-corrected chi connectivity index (χ4v) is 3.00. The van der Waals surface area contributed by atoms with Crippen LogP contribution in [0.15, 0.2) is 89.6 Å². The Morgan fingerprint density at radius 2 is 1.65 bits per heavy atom. The van der Waals surface area contributed by atoms with Crippen LogP contribution in [0.1, 0.15) is 16.1 Å². The molecular weight excluding hydrogens is 344 g/mol. The summed E-state index contributed by atoms with van der Waals surface area (Å²) in [5.41, 5.74) is 3.13. The van der Waals surface area contributed by atoms with Crippen LogP contribution in [0.5, 0.6) is 0 Å². The van der Waals surface area contributed by atoms with E-state index < -0.39 is 0 Å². The van der Waals surface area contributed by atoms with E-state index in [1.54, 1.807) is 24.5 Å². The highest BCUT2D eigenvalue weighted by Gasteiger charge is 2.13. The van der Waals surface area contributed by atoms with Gasteiger partial charge in [-0.3, -0.25) is 4.79 Å². The minimum absolute atomic E-state index is 0.164. The van der Waals surface area contributed by atoms with Gasteiger partial charge in [0.1, 0.15) is 0 Å². The van der Waals surface area contributed by atoms with E-state index in [2.05, 4.69) is 12.1 Å². The van der Waals surface area contributed by atoms with E-state index in [9.17, 15) is 4.79 Å². The van der Waals surface area contributed by atoms with Crippen molar-refractivity contribution in [2.24, 2.45) is 0 Å². The van der Waals surface area contributed by atoms with Crippen LogP contribution in [0.4, 0.5) is 0 Å². The van der Waals surface area contributed by atoms with Crippen LogP contribution in [0.2, 0.25) is 5.02 Å². The van der Waals surface area contributed by atoms with Gasteiger partial charge in [0.05, 0.1) is 6.26 Å². The number of benzene rings is 3. The Morgan fingerprint density at radius 1 is 0.885 bits per heavy atom. The maximum absolute atomic E-state index is 12.5. The minimum Gasteiger partial charge on any atom is -0.460 e. The zero-order valence-corrected chi connectivity index (χ0v) is 14.6. The van der Waals surface area contributed by atoms with Gasteiger partial charge in [-0.15, -0.1) is 0 Å². The fourth-order valence-electron chi connectivity index (χ4n) is 2.88. The second-order valence-corrected chi connectivity index (χ2v) is 6.42. The molecule has 4 rings (SSSR count). The molecule has 0 aliphatic heterocycles. The number of halogens is 1. The monoisotopic (exact) mass is 358 g/mol. The number of hydrogen-bond donors (Lipinski definition) is 0. The zero-order valence-electron chi connectivity index (χ0n) is 13.9. The first kappa shape index (κ1) is 16.4. The van der Waals surface area contributed by atoms with Crippen molar-refractivity contribution in [2.45, 2.75) is 0 Å². The Morgan fingerprint density at radius 3 is 2.42 bits per heavy atom. The Labute approximate surface area is 156 Å². The number of carbonyl (C=O) groups is 1. The van der Waals surface area contributed by atoms with Crippen molar-refractivity contribution in [2.75, 3.05) is 0 Å². The van der Waals surface area contributed by atoms with Gasteiger partial charge in [0.2, 0.25) is 5.78 Å². The first-order chi connectivity index (χ1) is 12.7. The van der Waals surface area contributed by atoms with E-state index in [1.165, 1.54) is 6.08 Å². The summed E-state index contributed by atoms with van der Waals surface area (Å²) in [4.78, 5) is 12.5. The topological polar surface area (TPSA) is 30.2 Å². The van der Waals surface area contributed by atoms with Gasteiger partial charge in [0, 0.05) is 15.8 Å². The third-order valence-corrected chi connectivity index (χ3v) is 4.48. The van der Waals surface area contributed by atoms with Crippen LogP contribution in [0, 0.1) is 0 Å². The van der Waals surface area contributed by atoms with Gasteiger partial charge in [-0.05, 0) is 47.0 Å². The Hall–Kier alpha value is -3.10. The lowest BCUT2D eigenvalue weighted by Gasteiger charge is -2.01. The first-order valence-corrected chi connectivity index (χ1v) is 8.63. The van der Waals surface area contributed by atoms with Gasteiger partial charge >= 0.3 is 0 Å². The fraction of sp³-hybridized carbons (Fsp3) is 0. The van der Waals surface area contributed by atoms with Gasteiger partial charge < -0.3 is 4.42 Å². The summed E-state index contributed by atoms with van der Waals surface area (Å²) in [6.45, 7) is 0. The van der Waals surface area contributed by atoms with Gasteiger partial charge in [-0.1, -0.05) is 66.2 Å². The van der Waals surface area contributed by atoms with Gasteiger partial charge in [0.25, 0.3) is 0 Å². The molecule has 126 valence electrons. The van der Waals surface area contributed by atoms with E-state index in [-0.39, 0.29) is 5.78 Å². The molecule has 3 heteroatoms. The first-order valence-electron chi connectivity index (χ1n) is 8.25. The normalized spacial score (nSPS) is 11.3. The second-order valence-electron chi connectivity index (χ2n) is 5.98. The third kappa shape index (κ3) is 3.32. The molecule has 0 unspecified atom stereocenters. The Bertz CT molecular complexity index is 1090. The number of hydrogen-bond acceptors (Lipinski definition) is 2. The van der Waals surface area contributed by atoms with Crippen LogP contribution >= 0.6 is 11.6 Å². The molecule has 0 atom stereocenters. The van der Waals surface area contributed by atoms with Crippen molar-refractivity contribution >= 4 is 34.2 Å². The van der Waals surface area contributed by atoms with Crippen LogP contribution in [0.3, 0.4) is 0 Å². The molecule has 0 bridgehead atoms. The van der Waals surface area contributed by atoms with E-state index in [4.69, 9.17) is 16.0 Å². The number of ketones is 1. The van der Waals surface area contributed by atoms with E-state index in [0.717, 1.165) is 27.5 Å². The van der Waals surface area contributed by atoms with E-state index in [0.29, 0.717) is 10.8 Å². The van der Waals surface area contributed by atoms with Crippen molar-refractivity contribution in [1.29, 1.82) is 0 Å². The molecular formula is C23H15ClO2. The van der Waals surface area contributed by atoms with Crippen molar-refractivity contribution in [3.63, 3.8) is 0 Å². The molecule has 0 saturated carbocycles. The molecule has 4 aromatic rings. The predicted molar refractivity (Wildman–Crippen MR) is 106 cm³/mol. The highest BCUT2D eigenvalue weighted by atomic mass is 35.5. The lowest BCUT2D eigenvalue weighted by Crippen LogP contribution is -1.92. The molecule has 3 aromatic carbocycles. The van der Waals surface area contributed by atoms with E-state index >= 15 is 0 Å². The average Bonchev–Trinajstić information content (AvgIpc) is 3.11. The maximum Gasteiger partial charge on any atom is 0.221 e. The summed E-state index contributed by atoms with van der Waals surface area (Å²) >= 11 is 5.87. The predicted octanol–water partition coefficient (Wildman–Crippen LogP) is 6.65. The van der Waals surface area contributed by atoms with Crippen molar-refractivity contribution in [3.8, 4) is 11.1 Å². The molecule has 26 heavy (non-hydrogen) atoms. The second kappa shape index (κ2) is 7.03. The maximum atomic E-state index is 12.5. The summed E-state index contributed by atoms with van der Waals surface area (Å²) in [6, 6.07) is 23.4. The highest BCUT2D eigenvalue weighted by molar-refractivity contribution is 6.30. The lowest BCUT2D eigenvalue weighted by molar-refractivity contribution is 0.102. The molecule has 0 aliphatic rings. The number of carbonyl (C=O) groups excluding carboxylic acids is 1. The number of fused-ring (bicyclic) bond motifs is 1. The van der Waals surface area contributed by atoms with Crippen LogP contribution in [-0.4, -0.2) is 5.78 Å². The average molecular weight is 359 g/mol. The molecule has 0 spiro atoms. The molecule has 0 aliphatic carbocycles. The summed E-state index contributed by atoms with van der Waals surface area (Å²) in [7, 11) is 0. The molecule has 0 fully saturated rings. The lowest BCUT2D eigenvalue weighted by atomic mass is 10.0. The summed E-state index contributed by atoms with van der Waals surface area (Å²) in [6.07, 6.45) is 4.91. The Balaban J connectivity index is 1.62. The molecule has 0 amide bonds. The standard InChI is InChI=1S/C23H15ClO2/c24-20-10-6-16(7-11-20)8-13-22(25)23-21-12-9-18(14-19(21)15-26-23)17-4-2-1-3-5-17/h1-15H. The quantitative estimate of drug-likeness (QED) is 0.302.